The van der Waals surface area contributed by atoms with Gasteiger partial charge in [0.2, 0.25) is 5.91 Å². The molecule has 0 aliphatic rings. The maximum absolute atomic E-state index is 12.6. The second kappa shape index (κ2) is 11.4. The van der Waals surface area contributed by atoms with E-state index in [1.165, 1.54) is 23.1 Å². The van der Waals surface area contributed by atoms with Gasteiger partial charge >= 0.3 is 5.97 Å². The van der Waals surface area contributed by atoms with Gasteiger partial charge in [0, 0.05) is 11.9 Å². The van der Waals surface area contributed by atoms with Gasteiger partial charge in [-0.2, -0.15) is 0 Å². The first-order valence-corrected chi connectivity index (χ1v) is 12.4. The average Bonchev–Trinajstić information content (AvgIpc) is 3.31. The Labute approximate surface area is 206 Å². The molecule has 0 aliphatic heterocycles. The Morgan fingerprint density at radius 1 is 1.18 bits per heavy atom. The number of ether oxygens (including phenoxy) is 3. The number of hydrogen-bond acceptors (Lipinski definition) is 9. The lowest BCUT2D eigenvalue weighted by Crippen LogP contribution is -2.17. The van der Waals surface area contributed by atoms with E-state index in [4.69, 9.17) is 14.2 Å². The topological polar surface area (TPSA) is 105 Å². The standard InChI is InChI=1S/C23H28N4O5S2/c1-7-31-22(29)19-13(2)15(4)34-21(19)24-18(28)12-33-23-26-25-20(27(23)5)14(3)32-17-10-8-16(30-6)9-11-17/h8-11,14H,7,12H2,1-6H3,(H,24,28). The van der Waals surface area contributed by atoms with E-state index in [0.29, 0.717) is 27.3 Å². The summed E-state index contributed by atoms with van der Waals surface area (Å²) < 4.78 is 18.1. The van der Waals surface area contributed by atoms with Crippen molar-refractivity contribution in [1.29, 1.82) is 0 Å². The minimum atomic E-state index is -0.434. The number of nitrogens with one attached hydrogen (secondary N) is 1. The first-order chi connectivity index (χ1) is 16.2. The summed E-state index contributed by atoms with van der Waals surface area (Å²) >= 11 is 2.61. The summed E-state index contributed by atoms with van der Waals surface area (Å²) in [6.07, 6.45) is -0.349. The summed E-state index contributed by atoms with van der Waals surface area (Å²) in [5.74, 6) is 1.49. The highest BCUT2D eigenvalue weighted by molar-refractivity contribution is 7.99. The number of methoxy groups -OCH3 is 1. The molecule has 0 saturated carbocycles. The minimum Gasteiger partial charge on any atom is -0.497 e. The molecule has 9 nitrogen and oxygen atoms in total. The molecule has 11 heteroatoms. The highest BCUT2D eigenvalue weighted by atomic mass is 32.2. The molecule has 2 heterocycles. The summed E-state index contributed by atoms with van der Waals surface area (Å²) in [6.45, 7) is 7.65. The van der Waals surface area contributed by atoms with Crippen LogP contribution in [-0.2, 0) is 16.6 Å². The fourth-order valence-electron chi connectivity index (χ4n) is 3.17. The molecule has 34 heavy (non-hydrogen) atoms. The Bertz CT molecular complexity index is 1160. The van der Waals surface area contributed by atoms with E-state index in [1.54, 1.807) is 18.6 Å². The SMILES string of the molecule is CCOC(=O)c1c(NC(=O)CSc2nnc(C(C)Oc3ccc(OC)cc3)n2C)sc(C)c1C. The van der Waals surface area contributed by atoms with Crippen LogP contribution in [0.15, 0.2) is 29.4 Å². The minimum absolute atomic E-state index is 0.109. The number of aryl methyl sites for hydroxylation is 1. The molecular weight excluding hydrogens is 476 g/mol. The highest BCUT2D eigenvalue weighted by Gasteiger charge is 2.23. The van der Waals surface area contributed by atoms with E-state index in [-0.39, 0.29) is 24.4 Å². The van der Waals surface area contributed by atoms with Crippen LogP contribution in [0, 0.1) is 13.8 Å². The van der Waals surface area contributed by atoms with Gasteiger partial charge in [0.25, 0.3) is 0 Å². The molecule has 1 N–H and O–H groups in total. The Morgan fingerprint density at radius 2 is 1.85 bits per heavy atom. The van der Waals surface area contributed by atoms with Crippen molar-refractivity contribution in [3.05, 3.63) is 46.1 Å². The number of anilines is 1. The van der Waals surface area contributed by atoms with Gasteiger partial charge in [0.1, 0.15) is 16.5 Å². The van der Waals surface area contributed by atoms with E-state index in [9.17, 15) is 9.59 Å². The number of thiophene rings is 1. The zero-order valence-electron chi connectivity index (χ0n) is 20.0. The van der Waals surface area contributed by atoms with Gasteiger partial charge in [0.05, 0.1) is 25.0 Å². The lowest BCUT2D eigenvalue weighted by atomic mass is 10.1. The number of aromatic nitrogens is 3. The molecule has 182 valence electrons. The smallest absolute Gasteiger partial charge is 0.341 e. The monoisotopic (exact) mass is 504 g/mol. The predicted octanol–water partition coefficient (Wildman–Crippen LogP) is 4.55. The molecule has 0 aliphatic carbocycles. The summed E-state index contributed by atoms with van der Waals surface area (Å²) in [5.41, 5.74) is 1.23. The van der Waals surface area contributed by atoms with Crippen molar-refractivity contribution in [2.24, 2.45) is 7.05 Å². The molecular formula is C23H28N4O5S2. The number of hydrogen-bond donors (Lipinski definition) is 1. The first-order valence-electron chi connectivity index (χ1n) is 10.6. The molecule has 1 unspecified atom stereocenters. The molecule has 0 radical (unpaired) electrons. The third-order valence-electron chi connectivity index (χ3n) is 5.05. The number of rotatable bonds is 10. The summed E-state index contributed by atoms with van der Waals surface area (Å²) in [5, 5.41) is 12.3. The van der Waals surface area contributed by atoms with E-state index >= 15 is 0 Å². The van der Waals surface area contributed by atoms with Crippen molar-refractivity contribution in [1.82, 2.24) is 14.8 Å². The van der Waals surface area contributed by atoms with Gasteiger partial charge in [-0.25, -0.2) is 4.79 Å². The molecule has 2 aromatic heterocycles. The maximum Gasteiger partial charge on any atom is 0.341 e. The van der Waals surface area contributed by atoms with Crippen LogP contribution < -0.4 is 14.8 Å². The molecule has 0 fully saturated rings. The number of carbonyl (C=O) groups is 2. The number of benzene rings is 1. The number of thioether (sulfide) groups is 1. The van der Waals surface area contributed by atoms with Gasteiger partial charge in [0.15, 0.2) is 17.1 Å². The van der Waals surface area contributed by atoms with Crippen LogP contribution in [0.4, 0.5) is 5.00 Å². The molecule has 0 saturated heterocycles. The molecule has 1 amide bonds. The van der Waals surface area contributed by atoms with Crippen LogP contribution in [-0.4, -0.2) is 46.1 Å². The fraction of sp³-hybridized carbons (Fsp3) is 0.391. The van der Waals surface area contributed by atoms with E-state index in [1.807, 2.05) is 52.1 Å². The number of amides is 1. The zero-order valence-corrected chi connectivity index (χ0v) is 21.6. The largest absolute Gasteiger partial charge is 0.497 e. The van der Waals surface area contributed by atoms with E-state index < -0.39 is 5.97 Å². The lowest BCUT2D eigenvalue weighted by Gasteiger charge is -2.14. The van der Waals surface area contributed by atoms with Gasteiger partial charge in [-0.3, -0.25) is 4.79 Å². The van der Waals surface area contributed by atoms with Crippen molar-refractivity contribution >= 4 is 40.0 Å². The summed E-state index contributed by atoms with van der Waals surface area (Å²) in [6, 6.07) is 7.29. The van der Waals surface area contributed by atoms with E-state index in [2.05, 4.69) is 15.5 Å². The molecule has 0 bridgehead atoms. The number of nitrogens with zero attached hydrogens (tertiary/aromatic N) is 3. The van der Waals surface area contributed by atoms with E-state index in [0.717, 1.165) is 16.2 Å². The fourth-order valence-corrected chi connectivity index (χ4v) is 4.96. The normalized spacial score (nSPS) is 11.7. The van der Waals surface area contributed by atoms with Crippen LogP contribution in [0.3, 0.4) is 0 Å². The van der Waals surface area contributed by atoms with Crippen LogP contribution in [0.1, 0.15) is 46.6 Å². The van der Waals surface area contributed by atoms with Crippen molar-refractivity contribution in [3.63, 3.8) is 0 Å². The van der Waals surface area contributed by atoms with Crippen LogP contribution in [0.25, 0.3) is 0 Å². The molecule has 1 atom stereocenters. The molecule has 3 rings (SSSR count). The Kier molecular flexibility index (Phi) is 8.56. The Morgan fingerprint density at radius 3 is 2.50 bits per heavy atom. The Balaban J connectivity index is 1.62. The van der Waals surface area contributed by atoms with Crippen LogP contribution in [0.2, 0.25) is 0 Å². The number of esters is 1. The summed E-state index contributed by atoms with van der Waals surface area (Å²) in [4.78, 5) is 25.9. The second-order valence-corrected chi connectivity index (χ2v) is 9.55. The van der Waals surface area contributed by atoms with Crippen LogP contribution >= 0.6 is 23.1 Å². The lowest BCUT2D eigenvalue weighted by molar-refractivity contribution is -0.113. The third-order valence-corrected chi connectivity index (χ3v) is 7.20. The van der Waals surface area contributed by atoms with Crippen molar-refractivity contribution in [3.8, 4) is 11.5 Å². The first kappa shape index (κ1) is 25.6. The van der Waals surface area contributed by atoms with Gasteiger partial charge in [-0.15, -0.1) is 21.5 Å². The van der Waals surface area contributed by atoms with Gasteiger partial charge in [-0.1, -0.05) is 11.8 Å². The number of carbonyl (C=O) groups excluding carboxylic acids is 2. The Hall–Kier alpha value is -3.05. The van der Waals surface area contributed by atoms with Crippen molar-refractivity contribution in [2.75, 3.05) is 24.8 Å². The summed E-state index contributed by atoms with van der Waals surface area (Å²) in [7, 11) is 3.44. The van der Waals surface area contributed by atoms with Crippen molar-refractivity contribution < 1.29 is 23.8 Å². The second-order valence-electron chi connectivity index (χ2n) is 7.38. The molecule has 1 aromatic carbocycles. The maximum atomic E-state index is 12.6. The third kappa shape index (κ3) is 5.89. The molecule has 3 aromatic rings. The average molecular weight is 505 g/mol. The predicted molar refractivity (Wildman–Crippen MR) is 132 cm³/mol. The molecule has 0 spiro atoms. The zero-order chi connectivity index (χ0) is 24.8. The van der Waals surface area contributed by atoms with Crippen molar-refractivity contribution in [2.45, 2.75) is 39.0 Å². The quantitative estimate of drug-likeness (QED) is 0.317. The van der Waals surface area contributed by atoms with Gasteiger partial charge < -0.3 is 24.1 Å². The van der Waals surface area contributed by atoms with Gasteiger partial charge in [-0.05, 0) is 57.5 Å². The van der Waals surface area contributed by atoms with Crippen LogP contribution in [0.5, 0.6) is 11.5 Å². The highest BCUT2D eigenvalue weighted by Crippen LogP contribution is 2.33.